The van der Waals surface area contributed by atoms with Crippen LogP contribution in [-0.2, 0) is 25.1 Å². The van der Waals surface area contributed by atoms with E-state index in [1.807, 2.05) is 11.3 Å². The molecule has 4 rings (SSSR count). The standard InChI is InChI=1S/C22H27N3S2/c1-4-10-25-21(19-14-26-20-12-16(3)8-9-18(19)20)23-24-22(25)27-13-17-7-5-6-15(2)11-17/h5-7,11,14,16H,4,8-10,12-13H2,1-3H3. The maximum absolute atomic E-state index is 4.63. The smallest absolute Gasteiger partial charge is 0.191 e. The number of hydrogen-bond acceptors (Lipinski definition) is 4. The minimum Gasteiger partial charge on any atom is -0.302 e. The number of nitrogens with zero attached hydrogens (tertiary/aromatic N) is 3. The molecule has 1 atom stereocenters. The van der Waals surface area contributed by atoms with Gasteiger partial charge in [0, 0.05) is 28.1 Å². The minimum atomic E-state index is 0.804. The number of thiophene rings is 1. The summed E-state index contributed by atoms with van der Waals surface area (Å²) < 4.78 is 2.33. The molecule has 0 fully saturated rings. The van der Waals surface area contributed by atoms with Gasteiger partial charge in [-0.2, -0.15) is 0 Å². The summed E-state index contributed by atoms with van der Waals surface area (Å²) in [6, 6.07) is 8.72. The van der Waals surface area contributed by atoms with Crippen LogP contribution in [0.2, 0.25) is 0 Å². The van der Waals surface area contributed by atoms with Crippen LogP contribution in [0.1, 0.15) is 48.3 Å². The second-order valence-electron chi connectivity index (χ2n) is 7.63. The quantitative estimate of drug-likeness (QED) is 0.468. The largest absolute Gasteiger partial charge is 0.302 e. The highest BCUT2D eigenvalue weighted by atomic mass is 32.2. The van der Waals surface area contributed by atoms with Crippen molar-refractivity contribution >= 4 is 23.1 Å². The predicted molar refractivity (Wildman–Crippen MR) is 116 cm³/mol. The number of benzene rings is 1. The van der Waals surface area contributed by atoms with E-state index in [0.717, 1.165) is 35.6 Å². The molecule has 0 saturated carbocycles. The summed E-state index contributed by atoms with van der Waals surface area (Å²) in [5, 5.41) is 12.6. The van der Waals surface area contributed by atoms with E-state index in [1.165, 1.54) is 41.5 Å². The van der Waals surface area contributed by atoms with E-state index in [0.29, 0.717) is 0 Å². The molecule has 1 aliphatic rings. The Labute approximate surface area is 170 Å². The Morgan fingerprint density at radius 3 is 3.00 bits per heavy atom. The van der Waals surface area contributed by atoms with Crippen LogP contribution in [0.4, 0.5) is 0 Å². The fraction of sp³-hybridized carbons (Fsp3) is 0.455. The Morgan fingerprint density at radius 1 is 1.30 bits per heavy atom. The molecule has 2 heterocycles. The molecule has 3 nitrogen and oxygen atoms in total. The van der Waals surface area contributed by atoms with Crippen molar-refractivity contribution in [3.63, 3.8) is 0 Å². The molecule has 1 aromatic carbocycles. The molecule has 5 heteroatoms. The van der Waals surface area contributed by atoms with Crippen LogP contribution in [0.15, 0.2) is 34.8 Å². The van der Waals surface area contributed by atoms with Crippen LogP contribution in [-0.4, -0.2) is 14.8 Å². The summed E-state index contributed by atoms with van der Waals surface area (Å²) in [6.07, 6.45) is 4.77. The van der Waals surface area contributed by atoms with E-state index in [2.05, 4.69) is 65.2 Å². The Morgan fingerprint density at radius 2 is 2.19 bits per heavy atom. The van der Waals surface area contributed by atoms with Crippen LogP contribution in [0, 0.1) is 12.8 Å². The zero-order valence-electron chi connectivity index (χ0n) is 16.4. The second-order valence-corrected chi connectivity index (χ2v) is 9.54. The summed E-state index contributed by atoms with van der Waals surface area (Å²) >= 11 is 3.71. The van der Waals surface area contributed by atoms with Crippen molar-refractivity contribution in [3.8, 4) is 11.4 Å². The zero-order chi connectivity index (χ0) is 18.8. The molecule has 0 aliphatic heterocycles. The number of fused-ring (bicyclic) bond motifs is 1. The lowest BCUT2D eigenvalue weighted by atomic mass is 9.88. The van der Waals surface area contributed by atoms with Gasteiger partial charge in [0.1, 0.15) is 0 Å². The molecular formula is C22H27N3S2. The molecule has 0 radical (unpaired) electrons. The highest BCUT2D eigenvalue weighted by Crippen LogP contribution is 2.38. The van der Waals surface area contributed by atoms with Crippen molar-refractivity contribution in [3.05, 3.63) is 51.2 Å². The van der Waals surface area contributed by atoms with Crippen LogP contribution >= 0.6 is 23.1 Å². The third kappa shape index (κ3) is 3.99. The fourth-order valence-corrected chi connectivity index (χ4v) is 5.98. The molecule has 0 spiro atoms. The normalized spacial score (nSPS) is 16.5. The lowest BCUT2D eigenvalue weighted by molar-refractivity contribution is 0.508. The maximum Gasteiger partial charge on any atom is 0.191 e. The van der Waals surface area contributed by atoms with Crippen molar-refractivity contribution in [2.45, 2.75) is 63.9 Å². The average Bonchev–Trinajstić information content (AvgIpc) is 3.24. The first kappa shape index (κ1) is 18.8. The molecule has 0 saturated heterocycles. The van der Waals surface area contributed by atoms with Gasteiger partial charge in [0.05, 0.1) is 0 Å². The maximum atomic E-state index is 4.63. The summed E-state index contributed by atoms with van der Waals surface area (Å²) in [6.45, 7) is 7.71. The van der Waals surface area contributed by atoms with E-state index >= 15 is 0 Å². The van der Waals surface area contributed by atoms with Gasteiger partial charge < -0.3 is 4.57 Å². The summed E-state index contributed by atoms with van der Waals surface area (Å²) in [5.74, 6) is 2.80. The van der Waals surface area contributed by atoms with E-state index in [9.17, 15) is 0 Å². The first-order valence-electron chi connectivity index (χ1n) is 9.86. The number of aromatic nitrogens is 3. The first-order valence-corrected chi connectivity index (χ1v) is 11.7. The van der Waals surface area contributed by atoms with Gasteiger partial charge in [0.2, 0.25) is 0 Å². The SMILES string of the molecule is CCCn1c(SCc2cccc(C)c2)nnc1-c1csc2c1CCC(C)C2. The molecule has 0 N–H and O–H groups in total. The van der Waals surface area contributed by atoms with Crippen molar-refractivity contribution in [1.82, 2.24) is 14.8 Å². The number of thioether (sulfide) groups is 1. The average molecular weight is 398 g/mol. The fourth-order valence-electron chi connectivity index (χ4n) is 3.83. The van der Waals surface area contributed by atoms with E-state index in [4.69, 9.17) is 0 Å². The predicted octanol–water partition coefficient (Wildman–Crippen LogP) is 6.14. The second kappa shape index (κ2) is 8.19. The molecular weight excluding hydrogens is 370 g/mol. The van der Waals surface area contributed by atoms with Gasteiger partial charge in [0.15, 0.2) is 11.0 Å². The lowest BCUT2D eigenvalue weighted by Gasteiger charge is -2.19. The Hall–Kier alpha value is -1.59. The molecule has 2 aromatic heterocycles. The monoisotopic (exact) mass is 397 g/mol. The third-order valence-electron chi connectivity index (χ3n) is 5.26. The van der Waals surface area contributed by atoms with Crippen LogP contribution in [0.5, 0.6) is 0 Å². The first-order chi connectivity index (χ1) is 13.2. The Bertz CT molecular complexity index is 926. The lowest BCUT2D eigenvalue weighted by Crippen LogP contribution is -2.10. The van der Waals surface area contributed by atoms with Gasteiger partial charge in [-0.25, -0.2) is 0 Å². The van der Waals surface area contributed by atoms with Gasteiger partial charge in [-0.05, 0) is 49.7 Å². The van der Waals surface area contributed by atoms with E-state index in [1.54, 1.807) is 16.6 Å². The van der Waals surface area contributed by atoms with Crippen LogP contribution in [0.3, 0.4) is 0 Å². The van der Waals surface area contributed by atoms with E-state index < -0.39 is 0 Å². The van der Waals surface area contributed by atoms with Crippen LogP contribution in [0.25, 0.3) is 11.4 Å². The molecule has 0 bridgehead atoms. The highest BCUT2D eigenvalue weighted by Gasteiger charge is 2.24. The topological polar surface area (TPSA) is 30.7 Å². The summed E-state index contributed by atoms with van der Waals surface area (Å²) in [5.41, 5.74) is 5.50. The Kier molecular flexibility index (Phi) is 5.69. The van der Waals surface area contributed by atoms with Crippen molar-refractivity contribution in [2.24, 2.45) is 5.92 Å². The van der Waals surface area contributed by atoms with Crippen LogP contribution < -0.4 is 0 Å². The number of rotatable bonds is 6. The molecule has 1 aliphatic carbocycles. The van der Waals surface area contributed by atoms with Gasteiger partial charge >= 0.3 is 0 Å². The molecule has 1 unspecified atom stereocenters. The summed E-state index contributed by atoms with van der Waals surface area (Å²) in [7, 11) is 0. The molecule has 3 aromatic rings. The Balaban J connectivity index is 1.61. The molecule has 27 heavy (non-hydrogen) atoms. The van der Waals surface area contributed by atoms with Gasteiger partial charge in [-0.1, -0.05) is 55.4 Å². The van der Waals surface area contributed by atoms with Gasteiger partial charge in [0.25, 0.3) is 0 Å². The van der Waals surface area contributed by atoms with Crippen molar-refractivity contribution in [2.75, 3.05) is 0 Å². The van der Waals surface area contributed by atoms with Gasteiger partial charge in [-0.3, -0.25) is 0 Å². The molecule has 142 valence electrons. The van der Waals surface area contributed by atoms with E-state index in [-0.39, 0.29) is 0 Å². The van der Waals surface area contributed by atoms with Crippen molar-refractivity contribution in [1.29, 1.82) is 0 Å². The summed E-state index contributed by atoms with van der Waals surface area (Å²) in [4.78, 5) is 1.56. The highest BCUT2D eigenvalue weighted by molar-refractivity contribution is 7.98. The minimum absolute atomic E-state index is 0.804. The zero-order valence-corrected chi connectivity index (χ0v) is 18.0. The third-order valence-corrected chi connectivity index (χ3v) is 7.35. The van der Waals surface area contributed by atoms with Crippen molar-refractivity contribution < 1.29 is 0 Å². The number of hydrogen-bond donors (Lipinski definition) is 0. The van der Waals surface area contributed by atoms with Gasteiger partial charge in [-0.15, -0.1) is 21.5 Å². The molecule has 0 amide bonds. The number of aryl methyl sites for hydroxylation is 1.